The molecule has 0 saturated heterocycles. The van der Waals surface area contributed by atoms with Crippen molar-refractivity contribution in [2.45, 2.75) is 39.2 Å². The monoisotopic (exact) mass is 369 g/mol. The van der Waals surface area contributed by atoms with Crippen molar-refractivity contribution >= 4 is 11.7 Å². The lowest BCUT2D eigenvalue weighted by atomic mass is 9.83. The summed E-state index contributed by atoms with van der Waals surface area (Å²) in [5.41, 5.74) is 0.685. The molecule has 0 aromatic heterocycles. The maximum atomic E-state index is 13.4. The van der Waals surface area contributed by atoms with E-state index in [2.05, 4.69) is 5.32 Å². The van der Waals surface area contributed by atoms with Crippen LogP contribution in [0.5, 0.6) is 11.5 Å². The first-order valence-electron chi connectivity index (χ1n) is 9.08. The molecule has 0 aliphatic carbocycles. The van der Waals surface area contributed by atoms with Crippen LogP contribution in [0.4, 0.5) is 0 Å². The van der Waals surface area contributed by atoms with Crippen LogP contribution in [-0.2, 0) is 0 Å². The average molecular weight is 369 g/mol. The summed E-state index contributed by atoms with van der Waals surface area (Å²) in [5, 5.41) is 2.99. The average Bonchev–Trinajstić information content (AvgIpc) is 2.71. The molecule has 27 heavy (non-hydrogen) atoms. The van der Waals surface area contributed by atoms with Gasteiger partial charge in [-0.2, -0.15) is 0 Å². The molecule has 1 N–H and O–H groups in total. The number of hydrogen-bond acceptors (Lipinski definition) is 4. The van der Waals surface area contributed by atoms with Gasteiger partial charge >= 0.3 is 0 Å². The topological polar surface area (TPSA) is 64.6 Å². The summed E-state index contributed by atoms with van der Waals surface area (Å²) in [6.45, 7) is 5.63. The van der Waals surface area contributed by atoms with E-state index in [1.54, 1.807) is 43.5 Å². The minimum Gasteiger partial charge on any atom is -0.496 e. The Morgan fingerprint density at radius 1 is 0.889 bits per heavy atom. The molecule has 5 heteroatoms. The van der Waals surface area contributed by atoms with Gasteiger partial charge in [0.05, 0.1) is 19.8 Å². The molecular weight excluding hydrogens is 342 g/mol. The highest BCUT2D eigenvalue weighted by molar-refractivity contribution is 6.09. The number of ketones is 1. The van der Waals surface area contributed by atoms with Crippen molar-refractivity contribution in [1.82, 2.24) is 5.32 Å². The minimum absolute atomic E-state index is 0.154. The molecule has 2 aromatic rings. The van der Waals surface area contributed by atoms with Crippen molar-refractivity contribution < 1.29 is 19.1 Å². The van der Waals surface area contributed by atoms with E-state index >= 15 is 0 Å². The van der Waals surface area contributed by atoms with Crippen molar-refractivity contribution in [1.29, 1.82) is 0 Å². The van der Waals surface area contributed by atoms with Crippen LogP contribution in [0.25, 0.3) is 0 Å². The quantitative estimate of drug-likeness (QED) is 0.709. The van der Waals surface area contributed by atoms with E-state index in [-0.39, 0.29) is 11.7 Å². The highest BCUT2D eigenvalue weighted by Gasteiger charge is 2.38. The van der Waals surface area contributed by atoms with Crippen LogP contribution in [0.3, 0.4) is 0 Å². The fourth-order valence-corrected chi connectivity index (χ4v) is 3.26. The molecule has 144 valence electrons. The van der Waals surface area contributed by atoms with Gasteiger partial charge in [-0.3, -0.25) is 9.59 Å². The Bertz CT molecular complexity index is 825. The van der Waals surface area contributed by atoms with Crippen molar-refractivity contribution in [2.75, 3.05) is 14.2 Å². The maximum Gasteiger partial charge on any atom is 0.252 e. The Hall–Kier alpha value is -2.82. The Balaban J connectivity index is 2.42. The number of benzene rings is 2. The fraction of sp³-hybridized carbons (Fsp3) is 0.364. The van der Waals surface area contributed by atoms with Gasteiger partial charge in [-0.15, -0.1) is 0 Å². The zero-order valence-corrected chi connectivity index (χ0v) is 16.6. The molecule has 1 amide bonds. The number of rotatable bonds is 8. The first-order valence-corrected chi connectivity index (χ1v) is 9.08. The Labute approximate surface area is 160 Å². The molecular formula is C22H27NO4. The maximum absolute atomic E-state index is 13.4. The number of hydrogen-bond donors (Lipinski definition) is 1. The van der Waals surface area contributed by atoms with Gasteiger partial charge in [-0.25, -0.2) is 0 Å². The molecule has 0 bridgehead atoms. The lowest BCUT2D eigenvalue weighted by Gasteiger charge is -2.32. The third-order valence-corrected chi connectivity index (χ3v) is 5.09. The van der Waals surface area contributed by atoms with E-state index in [4.69, 9.17) is 9.47 Å². The number of carbonyl (C=O) groups excluding carboxylic acids is 2. The highest BCUT2D eigenvalue weighted by Crippen LogP contribution is 2.28. The third kappa shape index (κ3) is 3.97. The lowest BCUT2D eigenvalue weighted by Crippen LogP contribution is -2.54. The largest absolute Gasteiger partial charge is 0.496 e. The SMILES string of the molecule is CCC(CC)(NC(=O)c1cccc(OC)c1C)C(=O)c1ccccc1OC. The smallest absolute Gasteiger partial charge is 0.252 e. The second-order valence-corrected chi connectivity index (χ2v) is 6.41. The summed E-state index contributed by atoms with van der Waals surface area (Å²) in [7, 11) is 3.10. The molecule has 0 aliphatic rings. The minimum atomic E-state index is -1.01. The standard InChI is InChI=1S/C22H27NO4/c1-6-22(7-2,20(24)17-11-8-9-13-19(17)27-5)23-21(25)16-12-10-14-18(26-4)15(16)3/h8-14H,6-7H2,1-5H3,(H,23,25). The lowest BCUT2D eigenvalue weighted by molar-refractivity contribution is 0.0751. The molecule has 0 fully saturated rings. The third-order valence-electron chi connectivity index (χ3n) is 5.09. The van der Waals surface area contributed by atoms with Gasteiger partial charge in [0.1, 0.15) is 17.0 Å². The van der Waals surface area contributed by atoms with Crippen LogP contribution in [0.15, 0.2) is 42.5 Å². The van der Waals surface area contributed by atoms with Crippen LogP contribution in [0.2, 0.25) is 0 Å². The number of Topliss-reactive ketones (excluding diaryl/α,β-unsaturated/α-hetero) is 1. The van der Waals surface area contributed by atoms with Crippen molar-refractivity contribution in [3.63, 3.8) is 0 Å². The van der Waals surface area contributed by atoms with Crippen LogP contribution < -0.4 is 14.8 Å². The van der Waals surface area contributed by atoms with Gasteiger partial charge < -0.3 is 14.8 Å². The second kappa shape index (κ2) is 8.71. The Kier molecular flexibility index (Phi) is 6.61. The number of methoxy groups -OCH3 is 2. The number of nitrogens with one attached hydrogen (secondary N) is 1. The Morgan fingerprint density at radius 3 is 2.04 bits per heavy atom. The van der Waals surface area contributed by atoms with Crippen LogP contribution in [0.1, 0.15) is 53.0 Å². The van der Waals surface area contributed by atoms with E-state index in [1.807, 2.05) is 26.8 Å². The van der Waals surface area contributed by atoms with Gasteiger partial charge in [0.25, 0.3) is 5.91 Å². The summed E-state index contributed by atoms with van der Waals surface area (Å²) in [5.74, 6) is 0.690. The van der Waals surface area contributed by atoms with Gasteiger partial charge in [0, 0.05) is 11.1 Å². The molecule has 0 spiro atoms. The van der Waals surface area contributed by atoms with Crippen molar-refractivity contribution in [2.24, 2.45) is 0 Å². The van der Waals surface area contributed by atoms with E-state index < -0.39 is 5.54 Å². The van der Waals surface area contributed by atoms with Crippen LogP contribution in [0, 0.1) is 6.92 Å². The van der Waals surface area contributed by atoms with Crippen LogP contribution >= 0.6 is 0 Å². The van der Waals surface area contributed by atoms with Gasteiger partial charge in [-0.05, 0) is 44.0 Å². The summed E-state index contributed by atoms with van der Waals surface area (Å²) < 4.78 is 10.6. The van der Waals surface area contributed by atoms with E-state index in [0.29, 0.717) is 35.5 Å². The molecule has 0 atom stereocenters. The molecule has 0 radical (unpaired) electrons. The van der Waals surface area contributed by atoms with Gasteiger partial charge in [0.2, 0.25) is 0 Å². The molecule has 0 heterocycles. The highest BCUT2D eigenvalue weighted by atomic mass is 16.5. The fourth-order valence-electron chi connectivity index (χ4n) is 3.26. The first kappa shape index (κ1) is 20.5. The van der Waals surface area contributed by atoms with Gasteiger partial charge in [0.15, 0.2) is 5.78 Å². The summed E-state index contributed by atoms with van der Waals surface area (Å²) >= 11 is 0. The molecule has 2 aromatic carbocycles. The Morgan fingerprint density at radius 2 is 1.44 bits per heavy atom. The number of amides is 1. The number of ether oxygens (including phenoxy) is 2. The summed E-state index contributed by atoms with van der Waals surface area (Å²) in [6.07, 6.45) is 0.935. The number of carbonyl (C=O) groups is 2. The predicted molar refractivity (Wildman–Crippen MR) is 106 cm³/mol. The zero-order chi connectivity index (χ0) is 20.0. The summed E-state index contributed by atoms with van der Waals surface area (Å²) in [6, 6.07) is 12.4. The molecule has 0 aliphatic heterocycles. The summed E-state index contributed by atoms with van der Waals surface area (Å²) in [4.78, 5) is 26.4. The van der Waals surface area contributed by atoms with E-state index in [0.717, 1.165) is 5.56 Å². The zero-order valence-electron chi connectivity index (χ0n) is 16.6. The van der Waals surface area contributed by atoms with Crippen molar-refractivity contribution in [3.05, 3.63) is 59.2 Å². The predicted octanol–water partition coefficient (Wildman–Crippen LogP) is 4.18. The normalized spacial score (nSPS) is 11.0. The molecule has 2 rings (SSSR count). The molecule has 5 nitrogen and oxygen atoms in total. The van der Waals surface area contributed by atoms with E-state index in [1.165, 1.54) is 7.11 Å². The van der Waals surface area contributed by atoms with Crippen molar-refractivity contribution in [3.8, 4) is 11.5 Å². The second-order valence-electron chi connectivity index (χ2n) is 6.41. The van der Waals surface area contributed by atoms with Crippen LogP contribution in [-0.4, -0.2) is 31.4 Å². The number of para-hydroxylation sites is 1. The van der Waals surface area contributed by atoms with Gasteiger partial charge in [-0.1, -0.05) is 32.0 Å². The first-order chi connectivity index (χ1) is 12.9. The van der Waals surface area contributed by atoms with E-state index in [9.17, 15) is 9.59 Å². The molecule has 0 saturated carbocycles. The molecule has 0 unspecified atom stereocenters.